The molecule has 9 aromatic carbocycles. The summed E-state index contributed by atoms with van der Waals surface area (Å²) in [4.78, 5) is 10.8. The van der Waals surface area contributed by atoms with E-state index in [1.54, 1.807) is 0 Å². The summed E-state index contributed by atoms with van der Waals surface area (Å²) in [5.74, 6) is 0.886. The van der Waals surface area contributed by atoms with Crippen molar-refractivity contribution < 1.29 is 30.6 Å². The topological polar surface area (TPSA) is 64.1 Å². The first kappa shape index (κ1) is 48.7. The Hall–Kier alpha value is -7.59. The number of pyridine rings is 1. The molecule has 74 heavy (non-hydrogen) atoms. The third-order valence-corrected chi connectivity index (χ3v) is 14.7. The van der Waals surface area contributed by atoms with Crippen LogP contribution in [0.25, 0.3) is 116 Å². The molecule has 368 valence electrons. The Morgan fingerprint density at radius 3 is 1.80 bits per heavy atom. The summed E-state index contributed by atoms with van der Waals surface area (Å²) in [6.07, 6.45) is 1.88. The van der Waals surface area contributed by atoms with Gasteiger partial charge in [0.1, 0.15) is 17.2 Å². The SMILES string of the molecule is CC(C)(C)c1ccc(-n2c(-c3cc(C(C)(C)C)cc(C(C)(C)C)c3O)nc3c(-c4[c-]c(-c5cc(-c6ccccc6)ccn5)c5oc6c7ccccc7c7ccccc7c6c5c4)cccc32)c(-c2ccccc2)c1.[Pt]. The predicted molar refractivity (Wildman–Crippen MR) is 305 cm³/mol. The molecule has 3 aromatic heterocycles. The van der Waals surface area contributed by atoms with E-state index in [0.29, 0.717) is 11.4 Å². The number of phenolic OH excluding ortho intramolecular Hbond substituents is 1. The van der Waals surface area contributed by atoms with E-state index >= 15 is 0 Å². The number of rotatable bonds is 6. The van der Waals surface area contributed by atoms with Crippen molar-refractivity contribution in [2.24, 2.45) is 0 Å². The van der Waals surface area contributed by atoms with Crippen molar-refractivity contribution in [1.82, 2.24) is 14.5 Å². The molecular weight excluding hydrogens is 1090 g/mol. The molecule has 0 amide bonds. The number of hydrogen-bond acceptors (Lipinski definition) is 4. The van der Waals surface area contributed by atoms with Crippen LogP contribution in [0.1, 0.15) is 79.0 Å². The summed E-state index contributed by atoms with van der Waals surface area (Å²) in [6, 6.07) is 66.2. The molecule has 0 radical (unpaired) electrons. The standard InChI is InChI=1S/C68H58N3O2.Pt/c1-66(2,3)45-31-32-58(52(38-45)42-23-14-11-15-24-42)71-59-30-20-29-47(61(59)70-65(71)55-39-46(67(4,5)6)40-56(62(55)72)68(7,8)9)44-35-53(57-37-43(33-34-69-57)41-21-12-10-13-22-41)63-54(36-44)60-50-27-18-16-25-48(50)49-26-17-19-28-51(49)64(60)73-63;/h10-34,36-40,72H,1-9H3;/q-1;. The van der Waals surface area contributed by atoms with E-state index in [1.807, 2.05) is 12.3 Å². The van der Waals surface area contributed by atoms with Gasteiger partial charge in [-0.2, -0.15) is 0 Å². The third-order valence-electron chi connectivity index (χ3n) is 14.7. The summed E-state index contributed by atoms with van der Waals surface area (Å²) < 4.78 is 9.46. The maximum atomic E-state index is 12.7. The van der Waals surface area contributed by atoms with Gasteiger partial charge in [-0.25, -0.2) is 4.98 Å². The molecule has 0 bridgehead atoms. The Morgan fingerprint density at radius 1 is 0.500 bits per heavy atom. The zero-order valence-corrected chi connectivity index (χ0v) is 45.6. The molecule has 0 unspecified atom stereocenters. The summed E-state index contributed by atoms with van der Waals surface area (Å²) >= 11 is 0. The molecule has 0 spiro atoms. The van der Waals surface area contributed by atoms with Gasteiger partial charge in [-0.3, -0.25) is 9.55 Å². The summed E-state index contributed by atoms with van der Waals surface area (Å²) in [6.45, 7) is 20.0. The molecule has 0 aliphatic rings. The van der Waals surface area contributed by atoms with Crippen LogP contribution >= 0.6 is 0 Å². The van der Waals surface area contributed by atoms with Gasteiger partial charge in [0.15, 0.2) is 0 Å². The quantitative estimate of drug-likeness (QED) is 0.133. The van der Waals surface area contributed by atoms with Gasteiger partial charge in [0, 0.05) is 54.9 Å². The molecule has 12 rings (SSSR count). The average Bonchev–Trinajstić information content (AvgIpc) is 3.98. The van der Waals surface area contributed by atoms with Crippen LogP contribution in [0.15, 0.2) is 187 Å². The molecule has 3 heterocycles. The minimum absolute atomic E-state index is 0. The van der Waals surface area contributed by atoms with Gasteiger partial charge in [-0.15, -0.1) is 17.7 Å². The number of imidazole rings is 1. The van der Waals surface area contributed by atoms with Crippen molar-refractivity contribution in [3.05, 3.63) is 205 Å². The molecule has 5 nitrogen and oxygen atoms in total. The molecule has 0 atom stereocenters. The van der Waals surface area contributed by atoms with Crippen molar-refractivity contribution in [2.45, 2.75) is 78.6 Å². The van der Waals surface area contributed by atoms with Crippen molar-refractivity contribution in [3.8, 4) is 67.5 Å². The molecule has 12 aromatic rings. The number of para-hydroxylation sites is 1. The number of furan rings is 1. The predicted octanol–water partition coefficient (Wildman–Crippen LogP) is 18.4. The largest absolute Gasteiger partial charge is 0.507 e. The first-order valence-corrected chi connectivity index (χ1v) is 25.4. The van der Waals surface area contributed by atoms with Gasteiger partial charge < -0.3 is 9.52 Å². The average molecular weight is 1140 g/mol. The minimum atomic E-state index is -0.360. The maximum Gasteiger partial charge on any atom is 0.148 e. The van der Waals surface area contributed by atoms with Crippen LogP contribution in [0, 0.1) is 6.07 Å². The monoisotopic (exact) mass is 1140 g/mol. The van der Waals surface area contributed by atoms with Crippen LogP contribution in [0.5, 0.6) is 5.75 Å². The molecule has 0 aliphatic carbocycles. The summed E-state index contributed by atoms with van der Waals surface area (Å²) in [5.41, 5.74) is 15.0. The second-order valence-electron chi connectivity index (χ2n) is 22.7. The fourth-order valence-electron chi connectivity index (χ4n) is 10.7. The molecule has 0 aliphatic heterocycles. The van der Waals surface area contributed by atoms with Gasteiger partial charge in [0.25, 0.3) is 0 Å². The second-order valence-corrected chi connectivity index (χ2v) is 22.7. The molecule has 0 saturated carbocycles. The molecular formula is C68H58N3O2Pt-. The molecule has 0 saturated heterocycles. The van der Waals surface area contributed by atoms with E-state index < -0.39 is 0 Å². The number of phenols is 1. The van der Waals surface area contributed by atoms with Gasteiger partial charge in [0.05, 0.1) is 27.9 Å². The van der Waals surface area contributed by atoms with Crippen LogP contribution < -0.4 is 0 Å². The Labute approximate surface area is 447 Å². The fourth-order valence-corrected chi connectivity index (χ4v) is 10.7. The normalized spacial score (nSPS) is 12.3. The summed E-state index contributed by atoms with van der Waals surface area (Å²) in [5, 5.41) is 19.2. The minimum Gasteiger partial charge on any atom is -0.507 e. The van der Waals surface area contributed by atoms with E-state index in [-0.39, 0.29) is 43.1 Å². The second kappa shape index (κ2) is 18.1. The number of nitrogens with zero attached hydrogens (tertiary/aromatic N) is 3. The van der Waals surface area contributed by atoms with Crippen molar-refractivity contribution in [1.29, 1.82) is 0 Å². The Bertz CT molecular complexity index is 4150. The number of fused-ring (bicyclic) bond motifs is 9. The van der Waals surface area contributed by atoms with Crippen LogP contribution in [0.2, 0.25) is 0 Å². The van der Waals surface area contributed by atoms with Crippen molar-refractivity contribution in [3.63, 3.8) is 0 Å². The van der Waals surface area contributed by atoms with Crippen molar-refractivity contribution in [2.75, 3.05) is 0 Å². The van der Waals surface area contributed by atoms with Gasteiger partial charge >= 0.3 is 0 Å². The fraction of sp³-hybridized carbons (Fsp3) is 0.176. The number of aromatic nitrogens is 3. The Balaban J connectivity index is 0.00000588. The van der Waals surface area contributed by atoms with Gasteiger partial charge in [-0.05, 0) is 95.9 Å². The van der Waals surface area contributed by atoms with E-state index in [4.69, 9.17) is 14.4 Å². The Kier molecular flexibility index (Phi) is 11.9. The third kappa shape index (κ3) is 8.23. The smallest absolute Gasteiger partial charge is 0.148 e. The molecule has 1 N–H and O–H groups in total. The van der Waals surface area contributed by atoms with Gasteiger partial charge in [0.2, 0.25) is 0 Å². The Morgan fingerprint density at radius 2 is 1.12 bits per heavy atom. The maximum absolute atomic E-state index is 12.7. The first-order chi connectivity index (χ1) is 35.0. The zero-order chi connectivity index (χ0) is 50.6. The number of aromatic hydroxyl groups is 1. The molecule has 6 heteroatoms. The van der Waals surface area contributed by atoms with Crippen LogP contribution in [-0.4, -0.2) is 19.6 Å². The van der Waals surface area contributed by atoms with Crippen LogP contribution in [-0.2, 0) is 37.3 Å². The van der Waals surface area contributed by atoms with Crippen LogP contribution in [0.3, 0.4) is 0 Å². The number of benzene rings is 9. The first-order valence-electron chi connectivity index (χ1n) is 25.4. The van der Waals surface area contributed by atoms with Crippen molar-refractivity contribution >= 4 is 54.5 Å². The van der Waals surface area contributed by atoms with E-state index in [2.05, 4.69) is 243 Å². The van der Waals surface area contributed by atoms with E-state index in [1.165, 1.54) is 5.56 Å². The molecule has 0 fully saturated rings. The zero-order valence-electron chi connectivity index (χ0n) is 43.3. The van der Waals surface area contributed by atoms with E-state index in [9.17, 15) is 5.11 Å². The van der Waals surface area contributed by atoms with E-state index in [0.717, 1.165) is 116 Å². The number of hydrogen-bond donors (Lipinski definition) is 1. The van der Waals surface area contributed by atoms with Crippen LogP contribution in [0.4, 0.5) is 0 Å². The van der Waals surface area contributed by atoms with Gasteiger partial charge in [-0.1, -0.05) is 213 Å². The summed E-state index contributed by atoms with van der Waals surface area (Å²) in [7, 11) is 0.